The molecule has 126 valence electrons. The van der Waals surface area contributed by atoms with Crippen molar-refractivity contribution in [3.63, 3.8) is 0 Å². The van der Waals surface area contributed by atoms with Crippen LogP contribution in [0.3, 0.4) is 0 Å². The third-order valence-electron chi connectivity index (χ3n) is 3.62. The summed E-state index contributed by atoms with van der Waals surface area (Å²) in [7, 11) is 0. The van der Waals surface area contributed by atoms with Crippen LogP contribution < -0.4 is 20.1 Å². The standard InChI is InChI=1S/C18H19ClN2O3/c1-12(18(22)21-14-5-2-4-13(19)10-14)20-15-6-7-16-17(11-15)24-9-3-8-23-16/h2,4-7,10-12,20H,3,8-9H2,1H3,(H,21,22)/t12-/m0/s1. The first-order valence-corrected chi connectivity index (χ1v) is 8.22. The smallest absolute Gasteiger partial charge is 0.246 e. The first-order valence-electron chi connectivity index (χ1n) is 7.84. The monoisotopic (exact) mass is 346 g/mol. The van der Waals surface area contributed by atoms with E-state index in [1.807, 2.05) is 18.2 Å². The maximum Gasteiger partial charge on any atom is 0.246 e. The molecule has 2 aromatic carbocycles. The van der Waals surface area contributed by atoms with Crippen molar-refractivity contribution in [3.8, 4) is 11.5 Å². The molecule has 0 saturated heterocycles. The van der Waals surface area contributed by atoms with Gasteiger partial charge in [-0.3, -0.25) is 4.79 Å². The predicted octanol–water partition coefficient (Wildman–Crippen LogP) is 3.94. The fourth-order valence-corrected chi connectivity index (χ4v) is 2.58. The fraction of sp³-hybridized carbons (Fsp3) is 0.278. The summed E-state index contributed by atoms with van der Waals surface area (Å²) in [6.07, 6.45) is 0.857. The van der Waals surface area contributed by atoms with Gasteiger partial charge < -0.3 is 20.1 Å². The van der Waals surface area contributed by atoms with Crippen molar-refractivity contribution in [2.24, 2.45) is 0 Å². The first kappa shape index (κ1) is 16.5. The molecule has 0 aliphatic carbocycles. The molecule has 1 atom stereocenters. The van der Waals surface area contributed by atoms with Crippen LogP contribution in [0.25, 0.3) is 0 Å². The van der Waals surface area contributed by atoms with Crippen molar-refractivity contribution < 1.29 is 14.3 Å². The summed E-state index contributed by atoms with van der Waals surface area (Å²) in [4.78, 5) is 12.3. The second-order valence-corrected chi connectivity index (χ2v) is 6.01. The second-order valence-electron chi connectivity index (χ2n) is 5.58. The number of nitrogens with one attached hydrogen (secondary N) is 2. The number of carbonyl (C=O) groups is 1. The van der Waals surface area contributed by atoms with Crippen LogP contribution in [-0.2, 0) is 4.79 Å². The number of carbonyl (C=O) groups excluding carboxylic acids is 1. The van der Waals surface area contributed by atoms with Crippen LogP contribution in [0.2, 0.25) is 5.02 Å². The summed E-state index contributed by atoms with van der Waals surface area (Å²) in [6.45, 7) is 3.07. The quantitative estimate of drug-likeness (QED) is 0.880. The molecule has 0 fully saturated rings. The van der Waals surface area contributed by atoms with Gasteiger partial charge in [0.1, 0.15) is 6.04 Å². The van der Waals surface area contributed by atoms with Crippen molar-refractivity contribution in [2.75, 3.05) is 23.8 Å². The molecule has 0 spiro atoms. The van der Waals surface area contributed by atoms with Crippen molar-refractivity contribution in [2.45, 2.75) is 19.4 Å². The second kappa shape index (κ2) is 7.45. The highest BCUT2D eigenvalue weighted by molar-refractivity contribution is 6.30. The fourth-order valence-electron chi connectivity index (χ4n) is 2.39. The van der Waals surface area contributed by atoms with Gasteiger partial charge in [-0.25, -0.2) is 0 Å². The maximum absolute atomic E-state index is 12.3. The van der Waals surface area contributed by atoms with Crippen LogP contribution in [0.15, 0.2) is 42.5 Å². The lowest BCUT2D eigenvalue weighted by Crippen LogP contribution is -2.31. The van der Waals surface area contributed by atoms with E-state index in [-0.39, 0.29) is 5.91 Å². The van der Waals surface area contributed by atoms with Crippen molar-refractivity contribution in [1.29, 1.82) is 0 Å². The molecule has 2 aromatic rings. The minimum absolute atomic E-state index is 0.149. The van der Waals surface area contributed by atoms with Gasteiger partial charge in [0.15, 0.2) is 11.5 Å². The van der Waals surface area contributed by atoms with Crippen LogP contribution in [0.4, 0.5) is 11.4 Å². The molecule has 1 aliphatic heterocycles. The van der Waals surface area contributed by atoms with E-state index in [0.29, 0.717) is 29.7 Å². The number of benzene rings is 2. The normalized spacial score (nSPS) is 14.4. The zero-order chi connectivity index (χ0) is 16.9. The van der Waals surface area contributed by atoms with E-state index in [4.69, 9.17) is 21.1 Å². The molecule has 5 nitrogen and oxygen atoms in total. The Morgan fingerprint density at radius 2 is 1.88 bits per heavy atom. The maximum atomic E-state index is 12.3. The highest BCUT2D eigenvalue weighted by Gasteiger charge is 2.15. The number of amides is 1. The Hall–Kier alpha value is -2.40. The van der Waals surface area contributed by atoms with E-state index < -0.39 is 6.04 Å². The SMILES string of the molecule is C[C@H](Nc1ccc2c(c1)OCCCO2)C(=O)Nc1cccc(Cl)c1. The van der Waals surface area contributed by atoms with Crippen LogP contribution in [-0.4, -0.2) is 25.2 Å². The summed E-state index contributed by atoms with van der Waals surface area (Å²) < 4.78 is 11.3. The lowest BCUT2D eigenvalue weighted by atomic mass is 10.2. The number of fused-ring (bicyclic) bond motifs is 1. The minimum atomic E-state index is -0.422. The van der Waals surface area contributed by atoms with Crippen molar-refractivity contribution in [1.82, 2.24) is 0 Å². The number of hydrogen-bond acceptors (Lipinski definition) is 4. The van der Waals surface area contributed by atoms with Crippen molar-refractivity contribution in [3.05, 3.63) is 47.5 Å². The van der Waals surface area contributed by atoms with E-state index in [2.05, 4.69) is 10.6 Å². The highest BCUT2D eigenvalue weighted by Crippen LogP contribution is 2.32. The molecule has 1 heterocycles. The molecular formula is C18H19ClN2O3. The number of hydrogen-bond donors (Lipinski definition) is 2. The summed E-state index contributed by atoms with van der Waals surface area (Å²) in [5.74, 6) is 1.28. The Balaban J connectivity index is 1.64. The average molecular weight is 347 g/mol. The van der Waals surface area contributed by atoms with E-state index >= 15 is 0 Å². The van der Waals surface area contributed by atoms with Gasteiger partial charge in [-0.2, -0.15) is 0 Å². The average Bonchev–Trinajstić information content (AvgIpc) is 2.79. The zero-order valence-corrected chi connectivity index (χ0v) is 14.1. The Morgan fingerprint density at radius 1 is 1.08 bits per heavy atom. The molecule has 0 bridgehead atoms. The molecule has 0 radical (unpaired) electrons. The van der Waals surface area contributed by atoms with Crippen LogP contribution >= 0.6 is 11.6 Å². The van der Waals surface area contributed by atoms with Gasteiger partial charge in [-0.1, -0.05) is 17.7 Å². The molecule has 0 saturated carbocycles. The summed E-state index contributed by atoms with van der Waals surface area (Å²) in [5, 5.41) is 6.58. The number of rotatable bonds is 4. The van der Waals surface area contributed by atoms with Crippen molar-refractivity contribution >= 4 is 28.9 Å². The third kappa shape index (κ3) is 4.11. The van der Waals surface area contributed by atoms with Crippen LogP contribution in [0.5, 0.6) is 11.5 Å². The summed E-state index contributed by atoms with van der Waals surface area (Å²) in [6, 6.07) is 12.2. The van der Waals surface area contributed by atoms with Gasteiger partial charge in [0.2, 0.25) is 5.91 Å². The molecule has 24 heavy (non-hydrogen) atoms. The number of anilines is 2. The minimum Gasteiger partial charge on any atom is -0.490 e. The lowest BCUT2D eigenvalue weighted by molar-refractivity contribution is -0.116. The molecule has 6 heteroatoms. The van der Waals surface area contributed by atoms with E-state index in [9.17, 15) is 4.79 Å². The summed E-state index contributed by atoms with van der Waals surface area (Å²) >= 11 is 5.93. The molecule has 3 rings (SSSR count). The molecule has 0 unspecified atom stereocenters. The molecule has 1 aliphatic rings. The largest absolute Gasteiger partial charge is 0.490 e. The Morgan fingerprint density at radius 3 is 2.67 bits per heavy atom. The number of ether oxygens (including phenoxy) is 2. The van der Waals surface area contributed by atoms with E-state index in [0.717, 1.165) is 17.9 Å². The number of halogens is 1. The molecule has 2 N–H and O–H groups in total. The topological polar surface area (TPSA) is 59.6 Å². The van der Waals surface area contributed by atoms with Gasteiger partial charge in [-0.15, -0.1) is 0 Å². The zero-order valence-electron chi connectivity index (χ0n) is 13.3. The molecular weight excluding hydrogens is 328 g/mol. The van der Waals surface area contributed by atoms with Crippen LogP contribution in [0, 0.1) is 0 Å². The van der Waals surface area contributed by atoms with Gasteiger partial charge in [0.25, 0.3) is 0 Å². The van der Waals surface area contributed by atoms with E-state index in [1.54, 1.807) is 31.2 Å². The van der Waals surface area contributed by atoms with Crippen LogP contribution in [0.1, 0.15) is 13.3 Å². The van der Waals surface area contributed by atoms with Gasteiger partial charge in [0.05, 0.1) is 13.2 Å². The molecule has 0 aromatic heterocycles. The molecule has 1 amide bonds. The van der Waals surface area contributed by atoms with Gasteiger partial charge >= 0.3 is 0 Å². The Labute approximate surface area is 145 Å². The Bertz CT molecular complexity index is 736. The predicted molar refractivity (Wildman–Crippen MR) is 95.2 cm³/mol. The van der Waals surface area contributed by atoms with E-state index in [1.165, 1.54) is 0 Å². The van der Waals surface area contributed by atoms with Gasteiger partial charge in [-0.05, 0) is 37.3 Å². The third-order valence-corrected chi connectivity index (χ3v) is 3.85. The highest BCUT2D eigenvalue weighted by atomic mass is 35.5. The van der Waals surface area contributed by atoms with Gasteiger partial charge in [0, 0.05) is 28.9 Å². The lowest BCUT2D eigenvalue weighted by Gasteiger charge is -2.17. The Kier molecular flexibility index (Phi) is 5.11. The first-order chi connectivity index (χ1) is 11.6. The summed E-state index contributed by atoms with van der Waals surface area (Å²) in [5.41, 5.74) is 1.47.